The highest BCUT2D eigenvalue weighted by Gasteiger charge is 2.53. The minimum Gasteiger partial charge on any atom is -0.805 e. The Hall–Kier alpha value is -4.67. The molecular formula is C36H23Cl2N2O3P. The first-order chi connectivity index (χ1) is 21.4. The number of nitrogens with zero attached hydrogens (tertiary/aromatic N) is 2. The van der Waals surface area contributed by atoms with Crippen LogP contribution < -0.4 is 31.4 Å². The van der Waals surface area contributed by atoms with Crippen molar-refractivity contribution in [3.8, 4) is 22.5 Å². The van der Waals surface area contributed by atoms with Gasteiger partial charge in [-0.15, -0.1) is 0 Å². The molecule has 0 N–H and O–H groups in total. The first-order valence-electron chi connectivity index (χ1n) is 13.9. The summed E-state index contributed by atoms with van der Waals surface area (Å²) < 4.78 is 1.47. The predicted octanol–water partition coefficient (Wildman–Crippen LogP) is 6.68. The molecule has 0 bridgehead atoms. The largest absolute Gasteiger partial charge is 0.805 e. The van der Waals surface area contributed by atoms with E-state index in [2.05, 4.69) is 0 Å². The highest BCUT2D eigenvalue weighted by molar-refractivity contribution is 8.01. The van der Waals surface area contributed by atoms with Crippen molar-refractivity contribution >= 4 is 62.7 Å². The van der Waals surface area contributed by atoms with Crippen LogP contribution in [0, 0.1) is 10.4 Å². The lowest BCUT2D eigenvalue weighted by atomic mass is 10.0. The monoisotopic (exact) mass is 632 g/mol. The third-order valence-electron chi connectivity index (χ3n) is 7.93. The van der Waals surface area contributed by atoms with Crippen LogP contribution in [-0.2, 0) is 0 Å². The van der Waals surface area contributed by atoms with E-state index >= 15 is 4.79 Å². The van der Waals surface area contributed by atoms with Crippen LogP contribution in [0.4, 0.5) is 0 Å². The Kier molecular flexibility index (Phi) is 7.10. The Balaban J connectivity index is 1.80. The molecule has 1 aliphatic heterocycles. The number of halogens is 2. The summed E-state index contributed by atoms with van der Waals surface area (Å²) in [5.74, 6) is 0. The van der Waals surface area contributed by atoms with Crippen molar-refractivity contribution in [2.75, 3.05) is 0 Å². The molecule has 0 radical (unpaired) electrons. The summed E-state index contributed by atoms with van der Waals surface area (Å²) in [5, 5.41) is 32.2. The molecule has 5 aromatic carbocycles. The van der Waals surface area contributed by atoms with E-state index in [1.54, 1.807) is 42.5 Å². The van der Waals surface area contributed by atoms with Crippen molar-refractivity contribution in [2.24, 2.45) is 0 Å². The fourth-order valence-corrected chi connectivity index (χ4v) is 10.9. The quantitative estimate of drug-likeness (QED) is 0.0920. The van der Waals surface area contributed by atoms with Crippen LogP contribution in [0.15, 0.2) is 144 Å². The van der Waals surface area contributed by atoms with Gasteiger partial charge in [-0.25, -0.2) is 0 Å². The topological polar surface area (TPSA) is 72.0 Å². The van der Waals surface area contributed by atoms with Crippen molar-refractivity contribution in [3.63, 3.8) is 0 Å². The van der Waals surface area contributed by atoms with Crippen molar-refractivity contribution in [3.05, 3.63) is 170 Å². The lowest BCUT2D eigenvalue weighted by Crippen LogP contribution is -2.48. The first kappa shape index (κ1) is 28.1. The van der Waals surface area contributed by atoms with Gasteiger partial charge < -0.3 is 15.1 Å². The minimum atomic E-state index is -3.15. The average molecular weight is 633 g/mol. The van der Waals surface area contributed by atoms with E-state index in [0.717, 1.165) is 25.4 Å². The zero-order valence-corrected chi connectivity index (χ0v) is 25.5. The molecule has 5 nitrogen and oxygen atoms in total. The summed E-state index contributed by atoms with van der Waals surface area (Å²) in [5.41, 5.74) is 0.605. The molecule has 0 saturated heterocycles. The Morgan fingerprint density at radius 3 is 1.73 bits per heavy atom. The maximum atomic E-state index is 15.3. The zero-order chi connectivity index (χ0) is 30.4. The van der Waals surface area contributed by atoms with Gasteiger partial charge in [-0.2, -0.15) is 4.73 Å². The van der Waals surface area contributed by atoms with Crippen LogP contribution in [0.1, 0.15) is 0 Å². The van der Waals surface area contributed by atoms with Crippen LogP contribution in [0.3, 0.4) is 0 Å². The van der Waals surface area contributed by atoms with E-state index in [1.165, 1.54) is 6.07 Å². The van der Waals surface area contributed by atoms with Crippen LogP contribution in [0.5, 0.6) is 0 Å². The van der Waals surface area contributed by atoms with Gasteiger partial charge in [-0.1, -0.05) is 89.9 Å². The molecule has 0 fully saturated rings. The van der Waals surface area contributed by atoms with Gasteiger partial charge in [0, 0.05) is 33.3 Å². The number of aromatic nitrogens is 2. The second kappa shape index (κ2) is 11.1. The Labute approximate surface area is 264 Å². The molecule has 0 spiro atoms. The third kappa shape index (κ3) is 4.28. The fraction of sp³-hybridized carbons (Fsp3) is 0. The average Bonchev–Trinajstić information content (AvgIpc) is 3.07. The second-order valence-electron chi connectivity index (χ2n) is 10.3. The summed E-state index contributed by atoms with van der Waals surface area (Å²) in [6.07, 6.45) is 0. The summed E-state index contributed by atoms with van der Waals surface area (Å²) in [4.78, 5) is 15.3. The Morgan fingerprint density at radius 2 is 1.16 bits per heavy atom. The molecule has 0 unspecified atom stereocenters. The predicted molar refractivity (Wildman–Crippen MR) is 183 cm³/mol. The maximum Gasteiger partial charge on any atom is 0.245 e. The van der Waals surface area contributed by atoms with Gasteiger partial charge in [0.25, 0.3) is 0 Å². The molecule has 7 rings (SSSR count). The summed E-state index contributed by atoms with van der Waals surface area (Å²) in [6.45, 7) is 0. The molecule has 0 saturated carbocycles. The molecule has 0 atom stereocenters. The normalized spacial score (nSPS) is 11.7. The lowest BCUT2D eigenvalue weighted by Gasteiger charge is -2.31. The van der Waals surface area contributed by atoms with Gasteiger partial charge in [0.1, 0.15) is 21.4 Å². The number of benzene rings is 6. The van der Waals surface area contributed by atoms with E-state index < -0.39 is 12.7 Å². The molecule has 214 valence electrons. The van der Waals surface area contributed by atoms with E-state index in [4.69, 9.17) is 23.2 Å². The molecule has 1 heterocycles. The summed E-state index contributed by atoms with van der Waals surface area (Å²) >= 11 is 13.1. The highest BCUT2D eigenvalue weighted by Crippen LogP contribution is 2.55. The van der Waals surface area contributed by atoms with E-state index in [1.807, 2.05) is 91.0 Å². The molecule has 44 heavy (non-hydrogen) atoms. The minimum absolute atomic E-state index is 0.0236. The number of fused-ring (bicyclic) bond motifs is 2. The lowest BCUT2D eigenvalue weighted by molar-refractivity contribution is -0.565. The first-order valence-corrected chi connectivity index (χ1v) is 16.4. The number of hydrogen-bond acceptors (Lipinski definition) is 3. The summed E-state index contributed by atoms with van der Waals surface area (Å²) in [7, 11) is -3.15. The second-order valence-corrected chi connectivity index (χ2v) is 14.5. The van der Waals surface area contributed by atoms with Crippen molar-refractivity contribution in [2.45, 2.75) is 0 Å². The van der Waals surface area contributed by atoms with E-state index in [0.29, 0.717) is 15.6 Å². The number of rotatable bonds is 5. The van der Waals surface area contributed by atoms with E-state index in [-0.39, 0.29) is 33.3 Å². The molecule has 0 aromatic heterocycles. The van der Waals surface area contributed by atoms with Crippen molar-refractivity contribution in [1.82, 2.24) is 4.73 Å². The standard InChI is InChI=1S/C36H23Cl2N2O3P/c37-24-20-21-30(38)28(22-24)29-23-33-34(40(43)32-19-11-10-18-31(32)39(33)42)36(35(29)41)44(25-12-4-1-5-13-25,26-14-6-2-7-15-26)27-16-8-3-9-17-27/h1-23H. The van der Waals surface area contributed by atoms with Gasteiger partial charge in [0.05, 0.1) is 0 Å². The van der Waals surface area contributed by atoms with Crippen LogP contribution >= 0.6 is 30.5 Å². The summed E-state index contributed by atoms with van der Waals surface area (Å²) in [6, 6.07) is 42.2. The van der Waals surface area contributed by atoms with Gasteiger partial charge in [-0.05, 0) is 60.7 Å². The van der Waals surface area contributed by atoms with E-state index in [9.17, 15) is 10.4 Å². The van der Waals surface area contributed by atoms with Gasteiger partial charge in [0.2, 0.25) is 16.6 Å². The van der Waals surface area contributed by atoms with Crippen molar-refractivity contribution < 1.29 is 4.73 Å². The zero-order valence-electron chi connectivity index (χ0n) is 23.1. The maximum absolute atomic E-state index is 15.3. The molecule has 2 aliphatic rings. The van der Waals surface area contributed by atoms with Gasteiger partial charge in [0.15, 0.2) is 18.3 Å². The van der Waals surface area contributed by atoms with Crippen LogP contribution in [0.2, 0.25) is 10.0 Å². The third-order valence-corrected chi connectivity index (χ3v) is 12.8. The molecule has 8 heteroatoms. The van der Waals surface area contributed by atoms with Crippen LogP contribution in [-0.4, -0.2) is 4.73 Å². The van der Waals surface area contributed by atoms with Gasteiger partial charge in [-0.3, -0.25) is 4.79 Å². The SMILES string of the molecule is O=c1c(-c2cc(Cl)ccc2Cl)cc2[n+]([O-])c3ccccc3n([O-])c-2c1[P+](c1ccccc1)(c1ccccc1)c1ccccc1. The van der Waals surface area contributed by atoms with Crippen LogP contribution in [0.25, 0.3) is 33.5 Å². The number of hydrogen-bond donors (Lipinski definition) is 0. The molecule has 0 amide bonds. The fourth-order valence-electron chi connectivity index (χ4n) is 6.04. The van der Waals surface area contributed by atoms with Crippen molar-refractivity contribution in [1.29, 1.82) is 0 Å². The molecular weight excluding hydrogens is 610 g/mol. The number of para-hydroxylation sites is 2. The van der Waals surface area contributed by atoms with Gasteiger partial charge >= 0.3 is 0 Å². The molecule has 5 aromatic rings. The highest BCUT2D eigenvalue weighted by atomic mass is 35.5. The molecule has 1 aliphatic carbocycles. The Morgan fingerprint density at radius 1 is 0.636 bits per heavy atom. The smallest absolute Gasteiger partial charge is 0.245 e. The Bertz CT molecular complexity index is 2090.